The number of fused-ring (bicyclic) bond motifs is 1. The van der Waals surface area contributed by atoms with Crippen LogP contribution in [0.4, 0.5) is 8.78 Å². The Morgan fingerprint density at radius 3 is 2.67 bits per heavy atom. The molecule has 140 valence electrons. The molecule has 4 rings (SSSR count). The molecule has 2 aromatic carbocycles. The molecular formula is C20H19F2N3OS. The van der Waals surface area contributed by atoms with Gasteiger partial charge in [-0.1, -0.05) is 42.5 Å². The van der Waals surface area contributed by atoms with Gasteiger partial charge in [-0.2, -0.15) is 8.78 Å². The highest BCUT2D eigenvalue weighted by Crippen LogP contribution is 2.33. The zero-order valence-electron chi connectivity index (χ0n) is 14.6. The monoisotopic (exact) mass is 387 g/mol. The normalized spacial score (nSPS) is 17.1. The molecule has 0 spiro atoms. The summed E-state index contributed by atoms with van der Waals surface area (Å²) in [6.45, 7) is 0.696. The van der Waals surface area contributed by atoms with Gasteiger partial charge in [-0.25, -0.2) is 4.98 Å². The average molecular weight is 387 g/mol. The van der Waals surface area contributed by atoms with Crippen molar-refractivity contribution in [3.8, 4) is 0 Å². The van der Waals surface area contributed by atoms with Crippen LogP contribution in [0.3, 0.4) is 0 Å². The first-order chi connectivity index (χ1) is 13.1. The van der Waals surface area contributed by atoms with Gasteiger partial charge in [-0.3, -0.25) is 4.79 Å². The molecule has 2 heterocycles. The lowest BCUT2D eigenvalue weighted by Gasteiger charge is -2.25. The maximum atomic E-state index is 13.1. The molecule has 1 aliphatic rings. The molecule has 1 fully saturated rings. The molecule has 3 aromatic rings. The highest BCUT2D eigenvalue weighted by molar-refractivity contribution is 7.99. The van der Waals surface area contributed by atoms with E-state index in [-0.39, 0.29) is 23.7 Å². The van der Waals surface area contributed by atoms with Gasteiger partial charge in [0.1, 0.15) is 6.54 Å². The highest BCUT2D eigenvalue weighted by atomic mass is 32.2. The number of halogens is 2. The van der Waals surface area contributed by atoms with Crippen LogP contribution in [0.1, 0.15) is 24.4 Å². The Morgan fingerprint density at radius 2 is 1.89 bits per heavy atom. The summed E-state index contributed by atoms with van der Waals surface area (Å²) in [6.07, 6.45) is 1.85. The van der Waals surface area contributed by atoms with Gasteiger partial charge in [-0.15, -0.1) is 0 Å². The molecule has 0 aliphatic carbocycles. The Kier molecular flexibility index (Phi) is 5.11. The number of nitrogens with zero attached hydrogens (tertiary/aromatic N) is 3. The molecule has 4 nitrogen and oxygen atoms in total. The van der Waals surface area contributed by atoms with E-state index in [0.717, 1.165) is 18.4 Å². The van der Waals surface area contributed by atoms with Crippen molar-refractivity contribution >= 4 is 28.7 Å². The summed E-state index contributed by atoms with van der Waals surface area (Å²) in [6, 6.07) is 17.2. The van der Waals surface area contributed by atoms with Crippen molar-refractivity contribution in [2.45, 2.75) is 36.3 Å². The summed E-state index contributed by atoms with van der Waals surface area (Å²) in [5.41, 5.74) is 2.43. The largest absolute Gasteiger partial charge is 0.334 e. The van der Waals surface area contributed by atoms with Gasteiger partial charge < -0.3 is 9.47 Å². The SMILES string of the molecule is O=C(Cn1c(SC(F)F)nc2ccccc21)N1CCC[C@H]1c1ccccc1. The number of carbonyl (C=O) groups excluding carboxylic acids is 1. The third-order valence-electron chi connectivity index (χ3n) is 4.86. The predicted octanol–water partition coefficient (Wildman–Crippen LogP) is 4.71. The van der Waals surface area contributed by atoms with Gasteiger partial charge in [0.25, 0.3) is 5.76 Å². The summed E-state index contributed by atoms with van der Waals surface area (Å²) >= 11 is 0.380. The van der Waals surface area contributed by atoms with Gasteiger partial charge in [0.05, 0.1) is 17.1 Å². The third-order valence-corrected chi connectivity index (χ3v) is 5.57. The fraction of sp³-hybridized carbons (Fsp3) is 0.300. The first kappa shape index (κ1) is 18.0. The standard InChI is InChI=1S/C20H19F2N3OS/c21-19(22)27-20-23-15-9-4-5-10-17(15)25(20)13-18(26)24-12-6-11-16(24)14-7-2-1-3-8-14/h1-5,7-10,16,19H,6,11-13H2/t16-/m0/s1. The van der Waals surface area contributed by atoms with Crippen molar-refractivity contribution in [3.05, 3.63) is 60.2 Å². The van der Waals surface area contributed by atoms with Crippen molar-refractivity contribution in [1.29, 1.82) is 0 Å². The number of hydrogen-bond acceptors (Lipinski definition) is 3. The lowest BCUT2D eigenvalue weighted by molar-refractivity contribution is -0.132. The van der Waals surface area contributed by atoms with E-state index in [1.54, 1.807) is 10.6 Å². The summed E-state index contributed by atoms with van der Waals surface area (Å²) < 4.78 is 27.5. The number of para-hydroxylation sites is 2. The number of likely N-dealkylation sites (tertiary alicyclic amines) is 1. The van der Waals surface area contributed by atoms with E-state index in [2.05, 4.69) is 4.98 Å². The Morgan fingerprint density at radius 1 is 1.15 bits per heavy atom. The molecule has 7 heteroatoms. The van der Waals surface area contributed by atoms with E-state index in [4.69, 9.17) is 0 Å². The lowest BCUT2D eigenvalue weighted by atomic mass is 10.0. The summed E-state index contributed by atoms with van der Waals surface area (Å²) in [7, 11) is 0. The second-order valence-electron chi connectivity index (χ2n) is 6.50. The number of aromatic nitrogens is 2. The van der Waals surface area contributed by atoms with Crippen LogP contribution in [0.25, 0.3) is 11.0 Å². The zero-order chi connectivity index (χ0) is 18.8. The second kappa shape index (κ2) is 7.68. The number of benzene rings is 2. The lowest BCUT2D eigenvalue weighted by Crippen LogP contribution is -2.33. The van der Waals surface area contributed by atoms with Crippen LogP contribution in [-0.4, -0.2) is 32.7 Å². The molecule has 0 N–H and O–H groups in total. The summed E-state index contributed by atoms with van der Waals surface area (Å²) in [4.78, 5) is 19.2. The molecule has 1 aromatic heterocycles. The number of alkyl halides is 2. The first-order valence-electron chi connectivity index (χ1n) is 8.88. The smallest absolute Gasteiger partial charge is 0.291 e. The molecule has 1 saturated heterocycles. The van der Waals surface area contributed by atoms with Gasteiger partial charge in [0, 0.05) is 6.54 Å². The number of hydrogen-bond donors (Lipinski definition) is 0. The van der Waals surface area contributed by atoms with Crippen LogP contribution in [0.5, 0.6) is 0 Å². The molecule has 1 amide bonds. The van der Waals surface area contributed by atoms with Crippen LogP contribution >= 0.6 is 11.8 Å². The molecule has 0 bridgehead atoms. The average Bonchev–Trinajstić information content (AvgIpc) is 3.28. The Labute approximate surface area is 160 Å². The molecule has 0 saturated carbocycles. The Hall–Kier alpha value is -2.41. The minimum atomic E-state index is -2.58. The Balaban J connectivity index is 1.62. The number of imidazole rings is 1. The first-order valence-corrected chi connectivity index (χ1v) is 9.76. The highest BCUT2D eigenvalue weighted by Gasteiger charge is 2.30. The zero-order valence-corrected chi connectivity index (χ0v) is 15.4. The van der Waals surface area contributed by atoms with Crippen molar-refractivity contribution in [3.63, 3.8) is 0 Å². The molecular weight excluding hydrogens is 368 g/mol. The molecule has 0 radical (unpaired) electrons. The van der Waals surface area contributed by atoms with E-state index < -0.39 is 5.76 Å². The van der Waals surface area contributed by atoms with Crippen LogP contribution in [0.2, 0.25) is 0 Å². The number of thioether (sulfide) groups is 1. The van der Waals surface area contributed by atoms with Crippen molar-refractivity contribution in [1.82, 2.24) is 14.5 Å². The fourth-order valence-corrected chi connectivity index (χ4v) is 4.29. The maximum Gasteiger partial charge on any atom is 0.291 e. The molecule has 0 unspecified atom stereocenters. The van der Waals surface area contributed by atoms with Crippen LogP contribution in [0.15, 0.2) is 59.8 Å². The van der Waals surface area contributed by atoms with Crippen LogP contribution < -0.4 is 0 Å². The number of rotatable bonds is 5. The second-order valence-corrected chi connectivity index (χ2v) is 7.46. The van der Waals surface area contributed by atoms with E-state index in [1.165, 1.54) is 0 Å². The van der Waals surface area contributed by atoms with E-state index >= 15 is 0 Å². The summed E-state index contributed by atoms with van der Waals surface area (Å²) in [5.74, 6) is -2.65. The van der Waals surface area contributed by atoms with Gasteiger partial charge in [0.2, 0.25) is 5.91 Å². The van der Waals surface area contributed by atoms with Crippen LogP contribution in [-0.2, 0) is 11.3 Å². The van der Waals surface area contributed by atoms with Crippen molar-refractivity contribution in [2.75, 3.05) is 6.54 Å². The van der Waals surface area contributed by atoms with E-state index in [0.29, 0.717) is 29.3 Å². The third kappa shape index (κ3) is 3.69. The Bertz CT molecular complexity index is 945. The maximum absolute atomic E-state index is 13.1. The fourth-order valence-electron chi connectivity index (χ4n) is 3.69. The summed E-state index contributed by atoms with van der Waals surface area (Å²) in [5, 5.41) is 0.176. The van der Waals surface area contributed by atoms with E-state index in [1.807, 2.05) is 53.4 Å². The quantitative estimate of drug-likeness (QED) is 0.595. The van der Waals surface area contributed by atoms with Crippen molar-refractivity contribution in [2.24, 2.45) is 0 Å². The van der Waals surface area contributed by atoms with E-state index in [9.17, 15) is 13.6 Å². The minimum Gasteiger partial charge on any atom is -0.334 e. The number of amides is 1. The number of carbonyl (C=O) groups is 1. The molecule has 1 aliphatic heterocycles. The predicted molar refractivity (Wildman–Crippen MR) is 102 cm³/mol. The van der Waals surface area contributed by atoms with Gasteiger partial charge >= 0.3 is 0 Å². The van der Waals surface area contributed by atoms with Crippen LogP contribution in [0, 0.1) is 0 Å². The topological polar surface area (TPSA) is 38.1 Å². The molecule has 1 atom stereocenters. The van der Waals surface area contributed by atoms with Gasteiger partial charge in [-0.05, 0) is 42.3 Å². The minimum absolute atomic E-state index is 0.0128. The van der Waals surface area contributed by atoms with Gasteiger partial charge in [0.15, 0.2) is 5.16 Å². The molecule has 27 heavy (non-hydrogen) atoms. The van der Waals surface area contributed by atoms with Crippen molar-refractivity contribution < 1.29 is 13.6 Å².